The van der Waals surface area contributed by atoms with Crippen molar-refractivity contribution >= 4 is 19.8 Å². The van der Waals surface area contributed by atoms with Gasteiger partial charge in [-0.25, -0.2) is 0 Å². The minimum Gasteiger partial charge on any atom is -0.756 e. The first kappa shape index (κ1) is 69.5. The lowest BCUT2D eigenvalue weighted by atomic mass is 10.0. The summed E-state index contributed by atoms with van der Waals surface area (Å²) in [7, 11) is 1.16. The maximum absolute atomic E-state index is 12.8. The van der Waals surface area contributed by atoms with Crippen LogP contribution in [0.3, 0.4) is 0 Å². The van der Waals surface area contributed by atoms with Crippen LogP contribution in [0.2, 0.25) is 0 Å². The number of allylic oxidation sites excluding steroid dienone is 12. The number of unbranched alkanes of at least 4 members (excludes halogenated alkanes) is 28. The van der Waals surface area contributed by atoms with E-state index in [-0.39, 0.29) is 26.1 Å². The number of esters is 2. The van der Waals surface area contributed by atoms with Crippen molar-refractivity contribution in [2.45, 2.75) is 264 Å². The van der Waals surface area contributed by atoms with Gasteiger partial charge in [0.15, 0.2) is 6.10 Å². The molecule has 0 radical (unpaired) electrons. The smallest absolute Gasteiger partial charge is 0.306 e. The number of likely N-dealkylation sites (N-methyl/N-ethyl adjacent to an activating group) is 1. The van der Waals surface area contributed by atoms with E-state index in [9.17, 15) is 19.0 Å². The SMILES string of the molecule is CC/C=C\C/C=C\C/C=C\CCCCCCCCCC(=O)OCC(COP(=O)([O-])OCC[N+](C)(C)C)OC(=O)CCCCCCCCCCCCCCCCCC/C=C\C/C=C\C/C=C\CCCCCCC. The van der Waals surface area contributed by atoms with Crippen LogP contribution < -0.4 is 4.89 Å². The standard InChI is InChI=1S/C62H112NO8P/c1-6-8-10-12-14-16-18-20-22-24-25-26-27-28-29-30-31-32-33-34-35-36-37-39-41-43-45-47-49-51-53-55-62(65)71-60(59-70-72(66,67)69-57-56-63(3,4)5)58-68-61(64)54-52-50-48-46-44-42-40-38-23-21-19-17-15-13-11-9-7-2/h9,11,15,17-18,20-21,23-25,27-28,60H,6-8,10,12-14,16,19,22,26,29-59H2,1-5H3/b11-9-,17-15-,20-18-,23-21-,25-24-,28-27-. The van der Waals surface area contributed by atoms with Crippen LogP contribution in [-0.2, 0) is 32.7 Å². The molecule has 0 saturated heterocycles. The van der Waals surface area contributed by atoms with Crippen molar-refractivity contribution in [2.75, 3.05) is 47.5 Å². The average Bonchev–Trinajstić information content (AvgIpc) is 3.34. The summed E-state index contributed by atoms with van der Waals surface area (Å²) in [5.41, 5.74) is 0. The van der Waals surface area contributed by atoms with E-state index in [0.29, 0.717) is 17.4 Å². The average molecular weight is 1030 g/mol. The van der Waals surface area contributed by atoms with Gasteiger partial charge in [-0.05, 0) is 83.5 Å². The first-order valence-corrected chi connectivity index (χ1v) is 31.1. The fourth-order valence-electron chi connectivity index (χ4n) is 8.15. The van der Waals surface area contributed by atoms with Crippen LogP contribution in [0.25, 0.3) is 0 Å². The molecule has 0 amide bonds. The number of carbonyl (C=O) groups excluding carboxylic acids is 2. The van der Waals surface area contributed by atoms with Gasteiger partial charge < -0.3 is 27.9 Å². The highest BCUT2D eigenvalue weighted by molar-refractivity contribution is 7.45. The summed E-state index contributed by atoms with van der Waals surface area (Å²) in [5.74, 6) is -0.841. The number of phosphoric ester groups is 1. The zero-order valence-electron chi connectivity index (χ0n) is 47.4. The predicted octanol–water partition coefficient (Wildman–Crippen LogP) is 17.8. The van der Waals surface area contributed by atoms with Crippen molar-refractivity contribution in [3.05, 3.63) is 72.9 Å². The Morgan fingerprint density at radius 3 is 1.18 bits per heavy atom. The highest BCUT2D eigenvalue weighted by Gasteiger charge is 2.22. The van der Waals surface area contributed by atoms with Gasteiger partial charge in [-0.2, -0.15) is 0 Å². The number of hydrogen-bond donors (Lipinski definition) is 0. The molecule has 0 aliphatic heterocycles. The molecule has 0 spiro atoms. The van der Waals surface area contributed by atoms with Gasteiger partial charge in [0.2, 0.25) is 0 Å². The van der Waals surface area contributed by atoms with E-state index in [4.69, 9.17) is 18.5 Å². The molecule has 72 heavy (non-hydrogen) atoms. The highest BCUT2D eigenvalue weighted by Crippen LogP contribution is 2.38. The monoisotopic (exact) mass is 1030 g/mol. The maximum Gasteiger partial charge on any atom is 0.306 e. The van der Waals surface area contributed by atoms with E-state index < -0.39 is 32.5 Å². The molecule has 0 bridgehead atoms. The Morgan fingerprint density at radius 1 is 0.444 bits per heavy atom. The zero-order chi connectivity index (χ0) is 52.7. The topological polar surface area (TPSA) is 111 Å². The minimum atomic E-state index is -4.64. The van der Waals surface area contributed by atoms with Crippen LogP contribution >= 0.6 is 7.82 Å². The van der Waals surface area contributed by atoms with Crippen LogP contribution in [0.1, 0.15) is 258 Å². The second kappa shape index (κ2) is 53.3. The Morgan fingerprint density at radius 2 is 0.792 bits per heavy atom. The molecule has 0 aromatic heterocycles. The normalized spacial score (nSPS) is 13.8. The van der Waals surface area contributed by atoms with E-state index >= 15 is 0 Å². The molecule has 0 aromatic rings. The molecule has 9 nitrogen and oxygen atoms in total. The first-order valence-electron chi connectivity index (χ1n) is 29.6. The fourth-order valence-corrected chi connectivity index (χ4v) is 8.88. The predicted molar refractivity (Wildman–Crippen MR) is 305 cm³/mol. The van der Waals surface area contributed by atoms with Crippen molar-refractivity contribution in [3.63, 3.8) is 0 Å². The number of quaternary nitrogens is 1. The van der Waals surface area contributed by atoms with Gasteiger partial charge in [-0.1, -0.05) is 234 Å². The Kier molecular flexibility index (Phi) is 51.4. The molecule has 0 rings (SSSR count). The Hall–Kier alpha value is -2.55. The summed E-state index contributed by atoms with van der Waals surface area (Å²) in [6.07, 6.45) is 69.5. The Bertz CT molecular complexity index is 1450. The summed E-state index contributed by atoms with van der Waals surface area (Å²) >= 11 is 0. The van der Waals surface area contributed by atoms with E-state index in [1.807, 2.05) is 21.1 Å². The maximum atomic E-state index is 12.8. The molecule has 0 fully saturated rings. The molecule has 0 heterocycles. The van der Waals surface area contributed by atoms with Crippen molar-refractivity contribution < 1.29 is 42.1 Å². The number of phosphoric acid groups is 1. The number of ether oxygens (including phenoxy) is 2. The molecule has 0 aliphatic rings. The third kappa shape index (κ3) is 56.7. The van der Waals surface area contributed by atoms with E-state index in [2.05, 4.69) is 86.8 Å². The number of hydrogen-bond acceptors (Lipinski definition) is 8. The lowest BCUT2D eigenvalue weighted by molar-refractivity contribution is -0.870. The zero-order valence-corrected chi connectivity index (χ0v) is 48.3. The van der Waals surface area contributed by atoms with Gasteiger partial charge in [0.05, 0.1) is 27.7 Å². The van der Waals surface area contributed by atoms with Crippen molar-refractivity contribution in [3.8, 4) is 0 Å². The van der Waals surface area contributed by atoms with Gasteiger partial charge in [0.1, 0.15) is 19.8 Å². The van der Waals surface area contributed by atoms with Gasteiger partial charge in [-0.15, -0.1) is 0 Å². The number of nitrogens with zero attached hydrogens (tertiary/aromatic N) is 1. The molecule has 0 N–H and O–H groups in total. The second-order valence-corrected chi connectivity index (χ2v) is 22.4. The van der Waals surface area contributed by atoms with Crippen molar-refractivity contribution in [2.24, 2.45) is 0 Å². The van der Waals surface area contributed by atoms with Crippen LogP contribution in [0.5, 0.6) is 0 Å². The fraction of sp³-hybridized carbons (Fsp3) is 0.774. The summed E-state index contributed by atoms with van der Waals surface area (Å²) < 4.78 is 34.1. The summed E-state index contributed by atoms with van der Waals surface area (Å²) in [6.45, 7) is 4.12. The van der Waals surface area contributed by atoms with Crippen molar-refractivity contribution in [1.82, 2.24) is 0 Å². The quantitative estimate of drug-likeness (QED) is 0.0195. The Labute approximate surface area is 444 Å². The highest BCUT2D eigenvalue weighted by atomic mass is 31.2. The van der Waals surface area contributed by atoms with E-state index in [0.717, 1.165) is 83.5 Å². The first-order chi connectivity index (χ1) is 35.0. The van der Waals surface area contributed by atoms with Crippen LogP contribution in [-0.4, -0.2) is 70.0 Å². The lowest BCUT2D eigenvalue weighted by Crippen LogP contribution is -2.37. The number of rotatable bonds is 54. The van der Waals surface area contributed by atoms with E-state index in [1.54, 1.807) is 0 Å². The van der Waals surface area contributed by atoms with Crippen LogP contribution in [0.15, 0.2) is 72.9 Å². The molecule has 0 aromatic carbocycles. The van der Waals surface area contributed by atoms with Crippen LogP contribution in [0, 0.1) is 0 Å². The van der Waals surface area contributed by atoms with Gasteiger partial charge in [0, 0.05) is 12.8 Å². The second-order valence-electron chi connectivity index (χ2n) is 21.0. The molecular formula is C62H112NO8P. The summed E-state index contributed by atoms with van der Waals surface area (Å²) in [4.78, 5) is 37.9. The molecule has 2 unspecified atom stereocenters. The third-order valence-corrected chi connectivity index (χ3v) is 13.7. The van der Waals surface area contributed by atoms with Crippen LogP contribution in [0.4, 0.5) is 0 Å². The molecule has 0 aliphatic carbocycles. The number of carbonyl (C=O) groups is 2. The van der Waals surface area contributed by atoms with E-state index in [1.165, 1.54) is 141 Å². The molecular weight excluding hydrogens is 918 g/mol. The van der Waals surface area contributed by atoms with Gasteiger partial charge in [0.25, 0.3) is 7.82 Å². The van der Waals surface area contributed by atoms with Gasteiger partial charge >= 0.3 is 11.9 Å². The van der Waals surface area contributed by atoms with Gasteiger partial charge in [-0.3, -0.25) is 14.2 Å². The lowest BCUT2D eigenvalue weighted by Gasteiger charge is -2.28. The summed E-state index contributed by atoms with van der Waals surface area (Å²) in [6, 6.07) is 0. The molecule has 0 saturated carbocycles. The molecule has 418 valence electrons. The third-order valence-electron chi connectivity index (χ3n) is 12.7. The Balaban J connectivity index is 4.09. The molecule has 10 heteroatoms. The molecule has 2 atom stereocenters. The van der Waals surface area contributed by atoms with Crippen molar-refractivity contribution in [1.29, 1.82) is 0 Å². The minimum absolute atomic E-state index is 0.0345. The summed E-state index contributed by atoms with van der Waals surface area (Å²) in [5, 5.41) is 0. The largest absolute Gasteiger partial charge is 0.756 e.